The maximum atomic E-state index is 5.40. The standard InChI is InChI=1S/C18H26N4OS/c1-14(20-21-18(24)19-16-4-2-3-5-16)15-6-8-17(9-7-15)22-10-12-23-13-11-22/h6-9,16H,2-5,10-13H2,1H3,(H2,19,21,24). The molecule has 2 aliphatic rings. The molecular formula is C18H26N4OS. The summed E-state index contributed by atoms with van der Waals surface area (Å²) < 4.78 is 5.40. The SMILES string of the molecule is CC(=NNC(=S)NC1CCCC1)c1ccc(N2CCOCC2)cc1. The highest BCUT2D eigenvalue weighted by Crippen LogP contribution is 2.18. The lowest BCUT2D eigenvalue weighted by atomic mass is 10.1. The van der Waals surface area contributed by atoms with Crippen molar-refractivity contribution in [1.29, 1.82) is 0 Å². The molecule has 0 spiro atoms. The second-order valence-electron chi connectivity index (χ2n) is 6.41. The number of hydrogen-bond acceptors (Lipinski definition) is 4. The Kier molecular flexibility index (Phi) is 6.04. The summed E-state index contributed by atoms with van der Waals surface area (Å²) in [6.07, 6.45) is 4.98. The molecule has 0 aromatic heterocycles. The molecule has 0 bridgehead atoms. The van der Waals surface area contributed by atoms with Crippen LogP contribution in [-0.2, 0) is 4.74 Å². The fourth-order valence-electron chi connectivity index (χ4n) is 3.22. The molecule has 1 heterocycles. The summed E-state index contributed by atoms with van der Waals surface area (Å²) in [5.74, 6) is 0. The van der Waals surface area contributed by atoms with E-state index in [1.165, 1.54) is 31.4 Å². The Hall–Kier alpha value is -1.66. The topological polar surface area (TPSA) is 48.9 Å². The third kappa shape index (κ3) is 4.68. The van der Waals surface area contributed by atoms with E-state index in [9.17, 15) is 0 Å². The van der Waals surface area contributed by atoms with Gasteiger partial charge >= 0.3 is 0 Å². The summed E-state index contributed by atoms with van der Waals surface area (Å²) in [7, 11) is 0. The zero-order valence-electron chi connectivity index (χ0n) is 14.3. The third-order valence-corrected chi connectivity index (χ3v) is 4.89. The Balaban J connectivity index is 1.53. The molecule has 1 aliphatic carbocycles. The molecule has 0 atom stereocenters. The van der Waals surface area contributed by atoms with Crippen LogP contribution in [0.1, 0.15) is 38.2 Å². The lowest BCUT2D eigenvalue weighted by Gasteiger charge is -2.28. The van der Waals surface area contributed by atoms with Gasteiger partial charge in [0.1, 0.15) is 0 Å². The minimum absolute atomic E-state index is 0.508. The summed E-state index contributed by atoms with van der Waals surface area (Å²) in [5.41, 5.74) is 6.23. The van der Waals surface area contributed by atoms with Crippen LogP contribution >= 0.6 is 12.2 Å². The lowest BCUT2D eigenvalue weighted by molar-refractivity contribution is 0.122. The first-order valence-electron chi connectivity index (χ1n) is 8.76. The molecule has 3 rings (SSSR count). The van der Waals surface area contributed by atoms with E-state index in [1.807, 2.05) is 6.92 Å². The molecule has 0 amide bonds. The van der Waals surface area contributed by atoms with Gasteiger partial charge in [-0.15, -0.1) is 0 Å². The van der Waals surface area contributed by atoms with E-state index in [0.717, 1.165) is 37.6 Å². The van der Waals surface area contributed by atoms with Crippen molar-refractivity contribution in [2.75, 3.05) is 31.2 Å². The number of rotatable bonds is 4. The van der Waals surface area contributed by atoms with E-state index < -0.39 is 0 Å². The molecular weight excluding hydrogens is 320 g/mol. The van der Waals surface area contributed by atoms with Crippen LogP contribution in [0, 0.1) is 0 Å². The van der Waals surface area contributed by atoms with Crippen molar-refractivity contribution in [3.8, 4) is 0 Å². The van der Waals surface area contributed by atoms with Gasteiger partial charge in [-0.05, 0) is 49.7 Å². The van der Waals surface area contributed by atoms with Gasteiger partial charge in [0.05, 0.1) is 18.9 Å². The van der Waals surface area contributed by atoms with Crippen molar-refractivity contribution < 1.29 is 4.74 Å². The Morgan fingerprint density at radius 3 is 2.50 bits per heavy atom. The Morgan fingerprint density at radius 1 is 1.17 bits per heavy atom. The second kappa shape index (κ2) is 8.44. The molecule has 1 aromatic carbocycles. The number of ether oxygens (including phenoxy) is 1. The average molecular weight is 347 g/mol. The average Bonchev–Trinajstić information content (AvgIpc) is 3.13. The molecule has 0 radical (unpaired) electrons. The summed E-state index contributed by atoms with van der Waals surface area (Å²) >= 11 is 5.32. The van der Waals surface area contributed by atoms with Crippen LogP contribution < -0.4 is 15.6 Å². The molecule has 0 unspecified atom stereocenters. The van der Waals surface area contributed by atoms with Gasteiger partial charge in [0.2, 0.25) is 0 Å². The molecule has 24 heavy (non-hydrogen) atoms. The first kappa shape index (κ1) is 17.2. The van der Waals surface area contributed by atoms with E-state index in [0.29, 0.717) is 11.2 Å². The van der Waals surface area contributed by atoms with Crippen LogP contribution in [0.15, 0.2) is 29.4 Å². The molecule has 1 saturated carbocycles. The van der Waals surface area contributed by atoms with Crippen molar-refractivity contribution >= 4 is 28.7 Å². The van der Waals surface area contributed by atoms with Gasteiger partial charge in [-0.1, -0.05) is 25.0 Å². The van der Waals surface area contributed by atoms with Crippen molar-refractivity contribution in [3.63, 3.8) is 0 Å². The first-order chi connectivity index (χ1) is 11.7. The van der Waals surface area contributed by atoms with E-state index in [2.05, 4.69) is 45.0 Å². The number of morpholine rings is 1. The number of nitrogens with one attached hydrogen (secondary N) is 2. The normalized spacial score (nSPS) is 19.4. The van der Waals surface area contributed by atoms with Gasteiger partial charge in [-0.3, -0.25) is 5.43 Å². The van der Waals surface area contributed by atoms with Crippen LogP contribution in [0.5, 0.6) is 0 Å². The minimum atomic E-state index is 0.508. The van der Waals surface area contributed by atoms with Crippen LogP contribution in [0.25, 0.3) is 0 Å². The van der Waals surface area contributed by atoms with E-state index in [1.54, 1.807) is 0 Å². The predicted molar refractivity (Wildman–Crippen MR) is 103 cm³/mol. The van der Waals surface area contributed by atoms with Crippen LogP contribution in [0.3, 0.4) is 0 Å². The van der Waals surface area contributed by atoms with E-state index >= 15 is 0 Å². The maximum absolute atomic E-state index is 5.40. The van der Waals surface area contributed by atoms with E-state index in [4.69, 9.17) is 17.0 Å². The Morgan fingerprint density at radius 2 is 1.83 bits per heavy atom. The van der Waals surface area contributed by atoms with Gasteiger partial charge in [0, 0.05) is 24.8 Å². The minimum Gasteiger partial charge on any atom is -0.378 e. The van der Waals surface area contributed by atoms with Gasteiger partial charge < -0.3 is 15.0 Å². The number of nitrogens with zero attached hydrogens (tertiary/aromatic N) is 2. The monoisotopic (exact) mass is 346 g/mol. The van der Waals surface area contributed by atoms with E-state index in [-0.39, 0.29) is 0 Å². The fourth-order valence-corrected chi connectivity index (χ4v) is 3.43. The van der Waals surface area contributed by atoms with Crippen molar-refractivity contribution in [2.24, 2.45) is 5.10 Å². The Bertz CT molecular complexity index is 575. The molecule has 2 fully saturated rings. The van der Waals surface area contributed by atoms with Gasteiger partial charge in [-0.25, -0.2) is 0 Å². The quantitative estimate of drug-likeness (QED) is 0.499. The molecule has 5 nitrogen and oxygen atoms in total. The van der Waals surface area contributed by atoms with Crippen molar-refractivity contribution in [2.45, 2.75) is 38.6 Å². The van der Waals surface area contributed by atoms with Gasteiger partial charge in [0.25, 0.3) is 0 Å². The van der Waals surface area contributed by atoms with Crippen LogP contribution in [0.2, 0.25) is 0 Å². The second-order valence-corrected chi connectivity index (χ2v) is 6.82. The molecule has 130 valence electrons. The zero-order valence-corrected chi connectivity index (χ0v) is 15.1. The largest absolute Gasteiger partial charge is 0.378 e. The van der Waals surface area contributed by atoms with Crippen LogP contribution in [0.4, 0.5) is 5.69 Å². The number of thiocarbonyl (C=S) groups is 1. The number of hydrazone groups is 1. The summed E-state index contributed by atoms with van der Waals surface area (Å²) in [6, 6.07) is 9.02. The van der Waals surface area contributed by atoms with Crippen molar-refractivity contribution in [1.82, 2.24) is 10.7 Å². The lowest BCUT2D eigenvalue weighted by Crippen LogP contribution is -2.38. The molecule has 1 aliphatic heterocycles. The fraction of sp³-hybridized carbons (Fsp3) is 0.556. The van der Waals surface area contributed by atoms with Crippen LogP contribution in [-0.4, -0.2) is 43.2 Å². The van der Waals surface area contributed by atoms with Crippen molar-refractivity contribution in [3.05, 3.63) is 29.8 Å². The molecule has 2 N–H and O–H groups in total. The zero-order chi connectivity index (χ0) is 16.8. The number of benzene rings is 1. The Labute approximate surface area is 149 Å². The number of anilines is 1. The highest BCUT2D eigenvalue weighted by Gasteiger charge is 2.15. The summed E-state index contributed by atoms with van der Waals surface area (Å²) in [6.45, 7) is 5.51. The maximum Gasteiger partial charge on any atom is 0.187 e. The summed E-state index contributed by atoms with van der Waals surface area (Å²) in [4.78, 5) is 2.35. The van der Waals surface area contributed by atoms with Gasteiger partial charge in [0.15, 0.2) is 5.11 Å². The van der Waals surface area contributed by atoms with Gasteiger partial charge in [-0.2, -0.15) is 5.10 Å². The highest BCUT2D eigenvalue weighted by atomic mass is 32.1. The highest BCUT2D eigenvalue weighted by molar-refractivity contribution is 7.80. The predicted octanol–water partition coefficient (Wildman–Crippen LogP) is 2.65. The molecule has 1 aromatic rings. The molecule has 6 heteroatoms. The smallest absolute Gasteiger partial charge is 0.187 e. The first-order valence-corrected chi connectivity index (χ1v) is 9.17. The molecule has 1 saturated heterocycles. The summed E-state index contributed by atoms with van der Waals surface area (Å²) in [5, 5.41) is 8.36. The third-order valence-electron chi connectivity index (χ3n) is 4.68. The number of hydrogen-bond donors (Lipinski definition) is 2.